The van der Waals surface area contributed by atoms with Crippen molar-refractivity contribution in [2.75, 3.05) is 4.90 Å². The number of carbonyl (C=O) groups excluding carboxylic acids is 1. The maximum Gasteiger partial charge on any atom is 0.334 e. The summed E-state index contributed by atoms with van der Waals surface area (Å²) in [7, 11) is 0. The molecule has 0 atom stereocenters. The van der Waals surface area contributed by atoms with Crippen LogP contribution in [-0.2, 0) is 0 Å². The van der Waals surface area contributed by atoms with Crippen molar-refractivity contribution < 1.29 is 4.79 Å². The van der Waals surface area contributed by atoms with E-state index in [9.17, 15) is 4.79 Å². The summed E-state index contributed by atoms with van der Waals surface area (Å²) in [4.78, 5) is 17.4. The van der Waals surface area contributed by atoms with Gasteiger partial charge in [0, 0.05) is 0 Å². The van der Waals surface area contributed by atoms with Crippen LogP contribution in [0.4, 0.5) is 10.6 Å². The number of carbonyl (C=O) groups is 1. The largest absolute Gasteiger partial charge is 0.350 e. The highest BCUT2D eigenvalue weighted by Crippen LogP contribution is 2.05. The van der Waals surface area contributed by atoms with E-state index in [1.165, 1.54) is 12.5 Å². The number of aromatic nitrogens is 2. The topological polar surface area (TPSA) is 98.8 Å². The van der Waals surface area contributed by atoms with Crippen molar-refractivity contribution in [3.8, 4) is 6.19 Å². The summed E-state index contributed by atoms with van der Waals surface area (Å²) in [6.45, 7) is 0. The van der Waals surface area contributed by atoms with Gasteiger partial charge in [-0.25, -0.2) is 9.78 Å². The van der Waals surface area contributed by atoms with Crippen molar-refractivity contribution in [3.63, 3.8) is 0 Å². The molecular weight excluding hydrogens is 146 g/mol. The Kier molecular flexibility index (Phi) is 1.74. The summed E-state index contributed by atoms with van der Waals surface area (Å²) >= 11 is 0. The Hall–Kier alpha value is -2.03. The first-order chi connectivity index (χ1) is 5.25. The lowest BCUT2D eigenvalue weighted by atomic mass is 10.6. The number of hydrogen-bond donors (Lipinski definition) is 2. The quantitative estimate of drug-likeness (QED) is 0.428. The molecule has 56 valence electrons. The summed E-state index contributed by atoms with van der Waals surface area (Å²) in [5.41, 5.74) is 4.86. The standard InChI is InChI=1S/C5H5N5O/c6-2-10(5(7)11)4-1-8-3-9-4/h1,3H,(H2,7,11)(H,8,9). The van der Waals surface area contributed by atoms with Gasteiger partial charge in [0.15, 0.2) is 6.19 Å². The second kappa shape index (κ2) is 2.70. The zero-order valence-corrected chi connectivity index (χ0v) is 5.48. The zero-order chi connectivity index (χ0) is 8.27. The Morgan fingerprint density at radius 2 is 2.64 bits per heavy atom. The maximum atomic E-state index is 10.5. The highest BCUT2D eigenvalue weighted by atomic mass is 16.2. The molecule has 1 rings (SSSR count). The van der Waals surface area contributed by atoms with Crippen LogP contribution in [0, 0.1) is 11.5 Å². The van der Waals surface area contributed by atoms with Gasteiger partial charge in [-0.3, -0.25) is 0 Å². The molecule has 0 unspecified atom stereocenters. The van der Waals surface area contributed by atoms with Crippen molar-refractivity contribution in [2.45, 2.75) is 0 Å². The Morgan fingerprint density at radius 3 is 3.00 bits per heavy atom. The van der Waals surface area contributed by atoms with Gasteiger partial charge in [-0.15, -0.1) is 0 Å². The van der Waals surface area contributed by atoms with Crippen LogP contribution in [0.15, 0.2) is 12.5 Å². The number of nitriles is 1. The molecule has 6 nitrogen and oxygen atoms in total. The minimum Gasteiger partial charge on any atom is -0.350 e. The van der Waals surface area contributed by atoms with Crippen molar-refractivity contribution in [3.05, 3.63) is 12.5 Å². The fourth-order valence-electron chi connectivity index (χ4n) is 0.593. The van der Waals surface area contributed by atoms with Crippen LogP contribution < -0.4 is 10.6 Å². The van der Waals surface area contributed by atoms with Crippen LogP contribution in [0.25, 0.3) is 0 Å². The number of aromatic amines is 1. The molecule has 0 aliphatic heterocycles. The number of rotatable bonds is 1. The third-order valence-corrected chi connectivity index (χ3v) is 1.05. The molecule has 6 heteroatoms. The lowest BCUT2D eigenvalue weighted by Gasteiger charge is -2.05. The number of urea groups is 1. The lowest BCUT2D eigenvalue weighted by Crippen LogP contribution is -2.31. The van der Waals surface area contributed by atoms with Crippen molar-refractivity contribution in [2.24, 2.45) is 5.73 Å². The van der Waals surface area contributed by atoms with Crippen molar-refractivity contribution in [1.82, 2.24) is 9.97 Å². The average molecular weight is 151 g/mol. The summed E-state index contributed by atoms with van der Waals surface area (Å²) in [6.07, 6.45) is 4.27. The maximum absolute atomic E-state index is 10.5. The highest BCUT2D eigenvalue weighted by molar-refractivity contribution is 5.92. The molecular formula is C5H5N5O. The molecule has 3 N–H and O–H groups in total. The van der Waals surface area contributed by atoms with Crippen LogP contribution in [-0.4, -0.2) is 16.0 Å². The first-order valence-corrected chi connectivity index (χ1v) is 2.73. The minimum absolute atomic E-state index is 0.264. The van der Waals surface area contributed by atoms with E-state index in [0.717, 1.165) is 0 Å². The van der Waals surface area contributed by atoms with Gasteiger partial charge in [-0.2, -0.15) is 10.2 Å². The molecule has 0 saturated heterocycles. The van der Waals surface area contributed by atoms with E-state index in [0.29, 0.717) is 4.90 Å². The number of nitrogens with zero attached hydrogens (tertiary/aromatic N) is 3. The number of primary amides is 1. The SMILES string of the molecule is N#CN(C(N)=O)c1cnc[nH]1. The monoisotopic (exact) mass is 151 g/mol. The van der Waals surface area contributed by atoms with Gasteiger partial charge in [0.05, 0.1) is 12.5 Å². The van der Waals surface area contributed by atoms with E-state index in [1.54, 1.807) is 6.19 Å². The van der Waals surface area contributed by atoms with E-state index < -0.39 is 6.03 Å². The molecule has 0 spiro atoms. The van der Waals surface area contributed by atoms with Crippen LogP contribution >= 0.6 is 0 Å². The lowest BCUT2D eigenvalue weighted by molar-refractivity contribution is 0.256. The van der Waals surface area contributed by atoms with Gasteiger partial charge in [0.25, 0.3) is 0 Å². The van der Waals surface area contributed by atoms with Crippen LogP contribution in [0.1, 0.15) is 0 Å². The average Bonchev–Trinajstić information content (AvgIpc) is 2.40. The van der Waals surface area contributed by atoms with Crippen LogP contribution in [0.3, 0.4) is 0 Å². The van der Waals surface area contributed by atoms with E-state index in [-0.39, 0.29) is 5.82 Å². The molecule has 1 aromatic rings. The fourth-order valence-corrected chi connectivity index (χ4v) is 0.593. The highest BCUT2D eigenvalue weighted by Gasteiger charge is 2.11. The number of nitrogens with two attached hydrogens (primary N) is 1. The fraction of sp³-hybridized carbons (Fsp3) is 0. The summed E-state index contributed by atoms with van der Waals surface area (Å²) in [6, 6.07) is -0.836. The predicted octanol–water partition coefficient (Wildman–Crippen LogP) is -0.224. The van der Waals surface area contributed by atoms with Gasteiger partial charge < -0.3 is 10.7 Å². The number of H-pyrrole nitrogens is 1. The summed E-state index contributed by atoms with van der Waals surface area (Å²) in [5.74, 6) is 0.264. The molecule has 1 heterocycles. The molecule has 0 radical (unpaired) electrons. The number of nitrogens with one attached hydrogen (secondary N) is 1. The van der Waals surface area contributed by atoms with Crippen LogP contribution in [0.2, 0.25) is 0 Å². The molecule has 0 aliphatic rings. The summed E-state index contributed by atoms with van der Waals surface area (Å²) in [5, 5.41) is 8.40. The van der Waals surface area contributed by atoms with Gasteiger partial charge in [0.1, 0.15) is 5.82 Å². The normalized spacial score (nSPS) is 8.64. The number of anilines is 1. The molecule has 1 aromatic heterocycles. The van der Waals surface area contributed by atoms with Crippen molar-refractivity contribution >= 4 is 11.8 Å². The second-order valence-corrected chi connectivity index (χ2v) is 1.71. The number of imidazole rings is 1. The van der Waals surface area contributed by atoms with Gasteiger partial charge in [-0.1, -0.05) is 0 Å². The molecule has 0 saturated carbocycles. The second-order valence-electron chi connectivity index (χ2n) is 1.71. The van der Waals surface area contributed by atoms with Crippen molar-refractivity contribution in [1.29, 1.82) is 5.26 Å². The minimum atomic E-state index is -0.836. The Bertz CT molecular complexity index is 284. The van der Waals surface area contributed by atoms with Gasteiger partial charge in [-0.05, 0) is 0 Å². The Balaban J connectivity index is 2.91. The third-order valence-electron chi connectivity index (χ3n) is 1.05. The first-order valence-electron chi connectivity index (χ1n) is 2.73. The molecule has 0 aliphatic carbocycles. The van der Waals surface area contributed by atoms with Crippen LogP contribution in [0.5, 0.6) is 0 Å². The number of hydrogen-bond acceptors (Lipinski definition) is 3. The van der Waals surface area contributed by atoms with Gasteiger partial charge >= 0.3 is 6.03 Å². The van der Waals surface area contributed by atoms with E-state index in [1.807, 2.05) is 0 Å². The van der Waals surface area contributed by atoms with E-state index in [4.69, 9.17) is 11.0 Å². The zero-order valence-electron chi connectivity index (χ0n) is 5.48. The smallest absolute Gasteiger partial charge is 0.334 e. The Labute approximate surface area is 62.2 Å². The predicted molar refractivity (Wildman–Crippen MR) is 36.3 cm³/mol. The Morgan fingerprint density at radius 1 is 1.91 bits per heavy atom. The summed E-state index contributed by atoms with van der Waals surface area (Å²) < 4.78 is 0. The van der Waals surface area contributed by atoms with Gasteiger partial charge in [0.2, 0.25) is 0 Å². The molecule has 11 heavy (non-hydrogen) atoms. The number of amides is 2. The molecule has 2 amide bonds. The third kappa shape index (κ3) is 1.27. The van der Waals surface area contributed by atoms with E-state index >= 15 is 0 Å². The molecule has 0 fully saturated rings. The molecule has 0 bridgehead atoms. The molecule has 0 aromatic carbocycles. The van der Waals surface area contributed by atoms with E-state index in [2.05, 4.69) is 9.97 Å². The first kappa shape index (κ1) is 7.08.